The Bertz CT molecular complexity index is 532. The Kier molecular flexibility index (Phi) is 5.10. The van der Waals surface area contributed by atoms with E-state index in [9.17, 15) is 9.18 Å². The molecule has 0 spiro atoms. The Morgan fingerprint density at radius 2 is 2.10 bits per heavy atom. The van der Waals surface area contributed by atoms with Crippen LogP contribution in [0.5, 0.6) is 0 Å². The predicted octanol–water partition coefficient (Wildman–Crippen LogP) is 3.26. The second-order valence-corrected chi connectivity index (χ2v) is 6.40. The number of nitrogens with zero attached hydrogens (tertiary/aromatic N) is 1. The van der Waals surface area contributed by atoms with Crippen molar-refractivity contribution < 1.29 is 9.18 Å². The van der Waals surface area contributed by atoms with E-state index in [0.29, 0.717) is 4.47 Å². The summed E-state index contributed by atoms with van der Waals surface area (Å²) >= 11 is 8.10. The molecule has 2 N–H and O–H groups in total. The van der Waals surface area contributed by atoms with Crippen molar-refractivity contribution in [2.24, 2.45) is 5.73 Å². The van der Waals surface area contributed by atoms with Crippen molar-refractivity contribution in [3.63, 3.8) is 0 Å². The number of thiocarbonyl (C=S) groups is 1. The number of amides is 1. The summed E-state index contributed by atoms with van der Waals surface area (Å²) in [4.78, 5) is 14.4. The van der Waals surface area contributed by atoms with Gasteiger partial charge in [0.1, 0.15) is 5.82 Å². The molecule has 6 heteroatoms. The molecule has 0 heterocycles. The second kappa shape index (κ2) is 6.63. The monoisotopic (exact) mass is 358 g/mol. The minimum absolute atomic E-state index is 0.0661. The van der Waals surface area contributed by atoms with Gasteiger partial charge >= 0.3 is 0 Å². The molecule has 1 aromatic rings. The molecule has 20 heavy (non-hydrogen) atoms. The summed E-state index contributed by atoms with van der Waals surface area (Å²) in [5, 5.41) is 0. The fraction of sp³-hybridized carbons (Fsp3) is 0.429. The zero-order valence-electron chi connectivity index (χ0n) is 10.9. The van der Waals surface area contributed by atoms with E-state index < -0.39 is 5.82 Å². The number of rotatable bonds is 4. The van der Waals surface area contributed by atoms with Crippen molar-refractivity contribution in [2.45, 2.75) is 31.7 Å². The summed E-state index contributed by atoms with van der Waals surface area (Å²) in [5.74, 6) is -0.870. The zero-order chi connectivity index (χ0) is 14.7. The lowest BCUT2D eigenvalue weighted by Gasteiger charge is -2.28. The Morgan fingerprint density at radius 3 is 2.65 bits per heavy atom. The molecule has 1 aliphatic rings. The van der Waals surface area contributed by atoms with Crippen molar-refractivity contribution >= 4 is 39.0 Å². The summed E-state index contributed by atoms with van der Waals surface area (Å²) in [7, 11) is 0. The van der Waals surface area contributed by atoms with Gasteiger partial charge in [0.25, 0.3) is 5.91 Å². The molecule has 0 aliphatic heterocycles. The lowest BCUT2D eigenvalue weighted by Crippen LogP contribution is -2.43. The first-order valence-corrected chi connectivity index (χ1v) is 7.73. The molecule has 0 saturated heterocycles. The summed E-state index contributed by atoms with van der Waals surface area (Å²) < 4.78 is 14.5. The van der Waals surface area contributed by atoms with Crippen molar-refractivity contribution in [3.05, 3.63) is 34.1 Å². The highest BCUT2D eigenvalue weighted by Crippen LogP contribution is 2.26. The van der Waals surface area contributed by atoms with Gasteiger partial charge in [-0.15, -0.1) is 0 Å². The van der Waals surface area contributed by atoms with Crippen LogP contribution in [0.2, 0.25) is 0 Å². The number of hydrogen-bond donors (Lipinski definition) is 1. The number of hydrogen-bond acceptors (Lipinski definition) is 2. The minimum Gasteiger partial charge on any atom is -0.392 e. The average Bonchev–Trinajstić information content (AvgIpc) is 2.88. The van der Waals surface area contributed by atoms with Gasteiger partial charge < -0.3 is 10.6 Å². The van der Waals surface area contributed by atoms with Crippen LogP contribution >= 0.6 is 28.1 Å². The summed E-state index contributed by atoms with van der Waals surface area (Å²) in [6, 6.07) is 4.54. The van der Waals surface area contributed by atoms with Crippen LogP contribution in [0.15, 0.2) is 22.7 Å². The number of benzene rings is 1. The second-order valence-electron chi connectivity index (χ2n) is 4.96. The van der Waals surface area contributed by atoms with E-state index in [1.54, 1.807) is 11.0 Å². The lowest BCUT2D eigenvalue weighted by atomic mass is 10.1. The third-order valence-electron chi connectivity index (χ3n) is 3.51. The largest absolute Gasteiger partial charge is 0.392 e. The van der Waals surface area contributed by atoms with E-state index in [0.717, 1.165) is 25.7 Å². The van der Waals surface area contributed by atoms with E-state index in [2.05, 4.69) is 15.9 Å². The maximum atomic E-state index is 13.9. The van der Waals surface area contributed by atoms with E-state index >= 15 is 0 Å². The number of halogens is 2. The molecule has 1 fully saturated rings. The third-order valence-corrected chi connectivity index (χ3v) is 4.14. The van der Waals surface area contributed by atoms with Crippen LogP contribution < -0.4 is 5.73 Å². The first-order chi connectivity index (χ1) is 9.49. The molecule has 108 valence electrons. The van der Waals surface area contributed by atoms with Gasteiger partial charge in [0.05, 0.1) is 17.1 Å². The van der Waals surface area contributed by atoms with E-state index in [4.69, 9.17) is 18.0 Å². The molecule has 0 radical (unpaired) electrons. The Hall–Kier alpha value is -1.01. The highest BCUT2D eigenvalue weighted by Gasteiger charge is 2.29. The van der Waals surface area contributed by atoms with Gasteiger partial charge in [0.15, 0.2) is 0 Å². The van der Waals surface area contributed by atoms with Crippen molar-refractivity contribution in [3.8, 4) is 0 Å². The molecular formula is C14H16BrFN2OS. The quantitative estimate of drug-likeness (QED) is 0.840. The molecule has 1 aromatic carbocycles. The number of carbonyl (C=O) groups excluding carboxylic acids is 1. The van der Waals surface area contributed by atoms with Crippen LogP contribution in [0.1, 0.15) is 36.0 Å². The Balaban J connectivity index is 2.27. The fourth-order valence-electron chi connectivity index (χ4n) is 2.57. The van der Waals surface area contributed by atoms with Crippen LogP contribution in [0.4, 0.5) is 4.39 Å². The van der Waals surface area contributed by atoms with Gasteiger partial charge in [0, 0.05) is 10.5 Å². The van der Waals surface area contributed by atoms with Crippen molar-refractivity contribution in [2.75, 3.05) is 6.54 Å². The Morgan fingerprint density at radius 1 is 1.45 bits per heavy atom. The third kappa shape index (κ3) is 3.55. The Labute approximate surface area is 131 Å². The molecule has 0 bridgehead atoms. The van der Waals surface area contributed by atoms with Crippen LogP contribution in [-0.4, -0.2) is 28.4 Å². The summed E-state index contributed by atoms with van der Waals surface area (Å²) in [6.45, 7) is 0.203. The van der Waals surface area contributed by atoms with Gasteiger partial charge in [-0.2, -0.15) is 0 Å². The van der Waals surface area contributed by atoms with Crippen molar-refractivity contribution in [1.29, 1.82) is 0 Å². The van der Waals surface area contributed by atoms with Crippen LogP contribution in [0, 0.1) is 5.82 Å². The first-order valence-electron chi connectivity index (χ1n) is 6.53. The van der Waals surface area contributed by atoms with Gasteiger partial charge in [-0.3, -0.25) is 4.79 Å². The molecule has 2 rings (SSSR count). The molecule has 0 aromatic heterocycles. The van der Waals surface area contributed by atoms with E-state index in [-0.39, 0.29) is 29.0 Å². The van der Waals surface area contributed by atoms with Crippen LogP contribution in [0.25, 0.3) is 0 Å². The minimum atomic E-state index is -0.532. The molecular weight excluding hydrogens is 343 g/mol. The molecule has 3 nitrogen and oxygen atoms in total. The normalized spacial score (nSPS) is 15.3. The van der Waals surface area contributed by atoms with Gasteiger partial charge in [-0.05, 0) is 31.0 Å². The molecule has 1 amide bonds. The lowest BCUT2D eigenvalue weighted by molar-refractivity contribution is 0.0710. The summed E-state index contributed by atoms with van der Waals surface area (Å²) in [6.07, 6.45) is 4.00. The van der Waals surface area contributed by atoms with E-state index in [1.165, 1.54) is 12.1 Å². The first kappa shape index (κ1) is 15.4. The smallest absolute Gasteiger partial charge is 0.257 e. The molecule has 0 unspecified atom stereocenters. The number of nitrogens with two attached hydrogens (primary N) is 1. The summed E-state index contributed by atoms with van der Waals surface area (Å²) in [5.41, 5.74) is 5.64. The average molecular weight is 359 g/mol. The highest BCUT2D eigenvalue weighted by atomic mass is 79.9. The molecule has 1 saturated carbocycles. The SMILES string of the molecule is NC(=S)CN(C(=O)c1ccc(Br)cc1F)C1CCCC1. The molecule has 1 aliphatic carbocycles. The zero-order valence-corrected chi connectivity index (χ0v) is 13.3. The number of carbonyl (C=O) groups is 1. The van der Waals surface area contributed by atoms with Gasteiger partial charge in [0.2, 0.25) is 0 Å². The van der Waals surface area contributed by atoms with Gasteiger partial charge in [-0.1, -0.05) is 41.0 Å². The van der Waals surface area contributed by atoms with E-state index in [1.807, 2.05) is 0 Å². The topological polar surface area (TPSA) is 46.3 Å². The highest BCUT2D eigenvalue weighted by molar-refractivity contribution is 9.10. The van der Waals surface area contributed by atoms with Crippen LogP contribution in [-0.2, 0) is 0 Å². The van der Waals surface area contributed by atoms with Crippen LogP contribution in [0.3, 0.4) is 0 Å². The maximum Gasteiger partial charge on any atom is 0.257 e. The predicted molar refractivity (Wildman–Crippen MR) is 84.2 cm³/mol. The fourth-order valence-corrected chi connectivity index (χ4v) is 3.04. The maximum absolute atomic E-state index is 13.9. The van der Waals surface area contributed by atoms with Gasteiger partial charge in [-0.25, -0.2) is 4.39 Å². The van der Waals surface area contributed by atoms with Crippen molar-refractivity contribution in [1.82, 2.24) is 4.90 Å². The standard InChI is InChI=1S/C14H16BrFN2OS/c15-9-5-6-11(12(16)7-9)14(19)18(8-13(17)20)10-3-1-2-4-10/h5-7,10H,1-4,8H2,(H2,17,20). The molecule has 0 atom stereocenters.